The maximum atomic E-state index is 13.2. The van der Waals surface area contributed by atoms with Crippen LogP contribution in [0.15, 0.2) is 48.7 Å². The summed E-state index contributed by atoms with van der Waals surface area (Å²) >= 11 is 0. The van der Waals surface area contributed by atoms with Crippen molar-refractivity contribution in [3.05, 3.63) is 65.7 Å². The number of rotatable bonds is 7. The van der Waals surface area contributed by atoms with E-state index >= 15 is 0 Å². The van der Waals surface area contributed by atoms with Gasteiger partial charge >= 0.3 is 0 Å². The second kappa shape index (κ2) is 9.41. The van der Waals surface area contributed by atoms with Crippen molar-refractivity contribution in [1.29, 1.82) is 0 Å². The van der Waals surface area contributed by atoms with Gasteiger partial charge in [-0.25, -0.2) is 4.39 Å². The second-order valence-electron chi connectivity index (χ2n) is 7.07. The zero-order chi connectivity index (χ0) is 19.9. The van der Waals surface area contributed by atoms with Crippen molar-refractivity contribution in [1.82, 2.24) is 20.5 Å². The van der Waals surface area contributed by atoms with E-state index in [4.69, 9.17) is 0 Å². The van der Waals surface area contributed by atoms with Crippen molar-refractivity contribution in [2.45, 2.75) is 37.9 Å². The van der Waals surface area contributed by atoms with Crippen LogP contribution in [-0.4, -0.2) is 47.4 Å². The quantitative estimate of drug-likeness (QED) is 0.767. The molecule has 6 nitrogen and oxygen atoms in total. The van der Waals surface area contributed by atoms with Gasteiger partial charge in [0.25, 0.3) is 5.91 Å². The summed E-state index contributed by atoms with van der Waals surface area (Å²) in [6.07, 6.45) is 3.92. The van der Waals surface area contributed by atoms with Gasteiger partial charge in [0.1, 0.15) is 5.82 Å². The Labute approximate surface area is 164 Å². The number of hydrogen-bond acceptors (Lipinski definition) is 4. The molecule has 2 amide bonds. The van der Waals surface area contributed by atoms with E-state index in [1.165, 1.54) is 18.2 Å². The maximum absolute atomic E-state index is 13.2. The number of nitrogens with one attached hydrogen (secondary N) is 2. The molecule has 0 bridgehead atoms. The molecule has 3 rings (SSSR count). The minimum absolute atomic E-state index is 0.00745. The number of carbonyl (C=O) groups is 2. The number of amides is 2. The molecular weight excluding hydrogens is 359 g/mol. The second-order valence-corrected chi connectivity index (χ2v) is 7.07. The van der Waals surface area contributed by atoms with Gasteiger partial charge in [-0.2, -0.15) is 0 Å². The highest BCUT2D eigenvalue weighted by Crippen LogP contribution is 2.24. The summed E-state index contributed by atoms with van der Waals surface area (Å²) in [6, 6.07) is 11.5. The van der Waals surface area contributed by atoms with Crippen LogP contribution in [0.1, 0.15) is 35.3 Å². The lowest BCUT2D eigenvalue weighted by Gasteiger charge is -2.25. The van der Waals surface area contributed by atoms with E-state index < -0.39 is 5.82 Å². The largest absolute Gasteiger partial charge is 0.350 e. The smallest absolute Gasteiger partial charge is 0.251 e. The fourth-order valence-electron chi connectivity index (χ4n) is 3.50. The lowest BCUT2D eigenvalue weighted by Crippen LogP contribution is -2.42. The molecule has 148 valence electrons. The predicted molar refractivity (Wildman–Crippen MR) is 104 cm³/mol. The summed E-state index contributed by atoms with van der Waals surface area (Å²) in [5.41, 5.74) is 1.14. The number of pyridine rings is 1. The number of likely N-dealkylation sites (N-methyl/N-ethyl adjacent to an activating group) is 1. The molecule has 1 aliphatic heterocycles. The average Bonchev–Trinajstić information content (AvgIpc) is 3.05. The van der Waals surface area contributed by atoms with E-state index in [1.54, 1.807) is 12.3 Å². The Morgan fingerprint density at radius 3 is 2.71 bits per heavy atom. The molecule has 7 heteroatoms. The van der Waals surface area contributed by atoms with Gasteiger partial charge in [0, 0.05) is 36.8 Å². The Bertz CT molecular complexity index is 815. The molecule has 1 fully saturated rings. The monoisotopic (exact) mass is 384 g/mol. The number of likely N-dealkylation sites (tertiary alicyclic amines) is 1. The number of benzene rings is 1. The zero-order valence-electron chi connectivity index (χ0n) is 15.9. The molecule has 1 saturated heterocycles. The number of aromatic nitrogens is 1. The molecule has 2 atom stereocenters. The third kappa shape index (κ3) is 5.36. The number of halogens is 1. The van der Waals surface area contributed by atoms with E-state index in [9.17, 15) is 14.0 Å². The summed E-state index contributed by atoms with van der Waals surface area (Å²) in [7, 11) is 1.97. The predicted octanol–water partition coefficient (Wildman–Crippen LogP) is 2.12. The summed E-state index contributed by atoms with van der Waals surface area (Å²) in [4.78, 5) is 30.7. The minimum Gasteiger partial charge on any atom is -0.350 e. The van der Waals surface area contributed by atoms with E-state index in [1.807, 2.05) is 25.2 Å². The van der Waals surface area contributed by atoms with Crippen molar-refractivity contribution in [3.63, 3.8) is 0 Å². The highest BCUT2D eigenvalue weighted by atomic mass is 19.1. The van der Waals surface area contributed by atoms with Gasteiger partial charge in [0.05, 0.1) is 12.2 Å². The summed E-state index contributed by atoms with van der Waals surface area (Å²) in [6.45, 7) is 0.890. The van der Waals surface area contributed by atoms with E-state index in [0.29, 0.717) is 25.1 Å². The number of carbonyl (C=O) groups excluding carboxylic acids is 2. The first-order chi connectivity index (χ1) is 13.5. The SMILES string of the molecule is CN1[C@@H](CC(=O)NCc2ccccn2)CC[C@H]1CNC(=O)c1cccc(F)c1. The Kier molecular flexibility index (Phi) is 6.71. The molecule has 0 radical (unpaired) electrons. The molecule has 2 heterocycles. The van der Waals surface area contributed by atoms with Crippen LogP contribution in [-0.2, 0) is 11.3 Å². The Morgan fingerprint density at radius 2 is 1.96 bits per heavy atom. The molecule has 2 N–H and O–H groups in total. The Morgan fingerprint density at radius 1 is 1.14 bits per heavy atom. The molecule has 0 spiro atoms. The molecule has 1 aromatic heterocycles. The number of hydrogen-bond donors (Lipinski definition) is 2. The molecule has 2 aromatic rings. The van der Waals surface area contributed by atoms with Crippen LogP contribution in [0.25, 0.3) is 0 Å². The Balaban J connectivity index is 1.43. The molecule has 1 aromatic carbocycles. The maximum Gasteiger partial charge on any atom is 0.251 e. The van der Waals surface area contributed by atoms with Crippen LogP contribution in [0.3, 0.4) is 0 Å². The van der Waals surface area contributed by atoms with E-state index in [0.717, 1.165) is 18.5 Å². The van der Waals surface area contributed by atoms with Crippen LogP contribution in [0.5, 0.6) is 0 Å². The van der Waals surface area contributed by atoms with Gasteiger partial charge in [-0.05, 0) is 50.2 Å². The summed E-state index contributed by atoms with van der Waals surface area (Å²) in [5, 5.41) is 5.77. The van der Waals surface area contributed by atoms with Gasteiger partial charge in [-0.3, -0.25) is 19.5 Å². The molecule has 28 heavy (non-hydrogen) atoms. The van der Waals surface area contributed by atoms with Crippen LogP contribution >= 0.6 is 0 Å². The molecule has 0 unspecified atom stereocenters. The minimum atomic E-state index is -0.428. The van der Waals surface area contributed by atoms with Crippen LogP contribution in [0.4, 0.5) is 4.39 Å². The fourth-order valence-corrected chi connectivity index (χ4v) is 3.50. The van der Waals surface area contributed by atoms with Crippen molar-refractivity contribution < 1.29 is 14.0 Å². The first kappa shape index (κ1) is 19.9. The van der Waals surface area contributed by atoms with E-state index in [-0.39, 0.29) is 23.9 Å². The molecular formula is C21H25FN4O2. The van der Waals surface area contributed by atoms with Crippen LogP contribution < -0.4 is 10.6 Å². The third-order valence-electron chi connectivity index (χ3n) is 5.18. The van der Waals surface area contributed by atoms with Crippen molar-refractivity contribution in [3.8, 4) is 0 Å². The van der Waals surface area contributed by atoms with E-state index in [2.05, 4.69) is 20.5 Å². The van der Waals surface area contributed by atoms with Crippen LogP contribution in [0, 0.1) is 5.82 Å². The van der Waals surface area contributed by atoms with Crippen LogP contribution in [0.2, 0.25) is 0 Å². The zero-order valence-corrected chi connectivity index (χ0v) is 15.9. The van der Waals surface area contributed by atoms with Gasteiger partial charge < -0.3 is 10.6 Å². The lowest BCUT2D eigenvalue weighted by molar-refractivity contribution is -0.122. The lowest BCUT2D eigenvalue weighted by atomic mass is 10.1. The topological polar surface area (TPSA) is 74.3 Å². The van der Waals surface area contributed by atoms with Crippen molar-refractivity contribution >= 4 is 11.8 Å². The highest BCUT2D eigenvalue weighted by Gasteiger charge is 2.31. The molecule has 1 aliphatic rings. The van der Waals surface area contributed by atoms with Gasteiger partial charge in [0.15, 0.2) is 0 Å². The van der Waals surface area contributed by atoms with Gasteiger partial charge in [0.2, 0.25) is 5.91 Å². The number of nitrogens with zero attached hydrogens (tertiary/aromatic N) is 2. The summed E-state index contributed by atoms with van der Waals surface area (Å²) < 4.78 is 13.2. The fraction of sp³-hybridized carbons (Fsp3) is 0.381. The van der Waals surface area contributed by atoms with Crippen molar-refractivity contribution in [2.24, 2.45) is 0 Å². The van der Waals surface area contributed by atoms with Crippen molar-refractivity contribution in [2.75, 3.05) is 13.6 Å². The average molecular weight is 384 g/mol. The normalized spacial score (nSPS) is 19.4. The third-order valence-corrected chi connectivity index (χ3v) is 5.18. The standard InChI is InChI=1S/C21H25FN4O2/c1-26-18(12-20(27)24-13-17-7-2-3-10-23-17)8-9-19(26)14-25-21(28)15-5-4-6-16(22)11-15/h2-7,10-11,18-19H,8-9,12-14H2,1H3,(H,24,27)(H,25,28)/t18-,19+/m1/s1. The first-order valence-corrected chi connectivity index (χ1v) is 9.45. The van der Waals surface area contributed by atoms with Gasteiger partial charge in [-0.1, -0.05) is 12.1 Å². The summed E-state index contributed by atoms with van der Waals surface area (Å²) in [5.74, 6) is -0.723. The first-order valence-electron chi connectivity index (χ1n) is 9.45. The molecule has 0 saturated carbocycles. The highest BCUT2D eigenvalue weighted by molar-refractivity contribution is 5.94. The molecule has 0 aliphatic carbocycles. The Hall–Kier alpha value is -2.80. The van der Waals surface area contributed by atoms with Gasteiger partial charge in [-0.15, -0.1) is 0 Å².